The van der Waals surface area contributed by atoms with E-state index in [1.54, 1.807) is 12.1 Å². The lowest BCUT2D eigenvalue weighted by Crippen LogP contribution is -2.58. The van der Waals surface area contributed by atoms with Crippen molar-refractivity contribution in [2.45, 2.75) is 69.9 Å². The molecule has 1 N–H and O–H groups in total. The number of carbonyl (C=O) groups excluding carboxylic acids is 1. The molecular weight excluding hydrogens is 386 g/mol. The Morgan fingerprint density at radius 2 is 1.93 bits per heavy atom. The van der Waals surface area contributed by atoms with Crippen LogP contribution in [0.15, 0.2) is 29.2 Å². The Bertz CT molecular complexity index is 892. The summed E-state index contributed by atoms with van der Waals surface area (Å²) in [7, 11) is -3.21. The second-order valence-electron chi connectivity index (χ2n) is 9.93. The van der Waals surface area contributed by atoms with Crippen LogP contribution in [-0.4, -0.2) is 33.2 Å². The fourth-order valence-corrected chi connectivity index (χ4v) is 7.11. The van der Waals surface area contributed by atoms with Gasteiger partial charge in [0.05, 0.1) is 11.0 Å². The standard InChI is InChI=1S/C23H33NO4S/c1-5-6-19(25)24-21-22(2,3)16-13-18-20(28-12-11-23(18,21)14-16)15-7-9-17(10-8-15)29(4,26)27/h7-10,16,18,20-21H,5-6,11-14H2,1-4H3,(H,24,25)/t16-,18-,20-,21+,23?/m1/s1. The molecule has 3 aliphatic rings. The molecule has 1 aromatic rings. The average Bonchev–Trinajstić information content (AvgIpc) is 3.14. The van der Waals surface area contributed by atoms with Gasteiger partial charge in [-0.3, -0.25) is 4.79 Å². The smallest absolute Gasteiger partial charge is 0.220 e. The van der Waals surface area contributed by atoms with Crippen LogP contribution in [0.25, 0.3) is 0 Å². The van der Waals surface area contributed by atoms with Gasteiger partial charge in [-0.1, -0.05) is 32.9 Å². The summed E-state index contributed by atoms with van der Waals surface area (Å²) in [6, 6.07) is 7.35. The van der Waals surface area contributed by atoms with Crippen LogP contribution < -0.4 is 5.32 Å². The first-order valence-corrected chi connectivity index (χ1v) is 12.7. The topological polar surface area (TPSA) is 72.5 Å². The highest BCUT2D eigenvalue weighted by molar-refractivity contribution is 7.90. The van der Waals surface area contributed by atoms with Gasteiger partial charge in [0.25, 0.3) is 0 Å². The molecule has 29 heavy (non-hydrogen) atoms. The molecule has 1 aliphatic heterocycles. The summed E-state index contributed by atoms with van der Waals surface area (Å²) in [6.45, 7) is 7.34. The first kappa shape index (κ1) is 20.9. The van der Waals surface area contributed by atoms with Gasteiger partial charge >= 0.3 is 0 Å². The summed E-state index contributed by atoms with van der Waals surface area (Å²) in [6.07, 6.45) is 5.85. The molecule has 0 aromatic heterocycles. The molecule has 3 fully saturated rings. The molecule has 1 unspecified atom stereocenters. The molecule has 4 rings (SSSR count). The number of amides is 1. The van der Waals surface area contributed by atoms with Crippen LogP contribution in [0.3, 0.4) is 0 Å². The van der Waals surface area contributed by atoms with E-state index in [4.69, 9.17) is 4.74 Å². The lowest BCUT2D eigenvalue weighted by atomic mass is 9.59. The zero-order chi connectivity index (χ0) is 21.0. The van der Waals surface area contributed by atoms with Gasteiger partial charge in [-0.25, -0.2) is 8.42 Å². The highest BCUT2D eigenvalue weighted by atomic mass is 32.2. The van der Waals surface area contributed by atoms with Crippen LogP contribution in [-0.2, 0) is 19.4 Å². The van der Waals surface area contributed by atoms with Crippen LogP contribution in [0, 0.1) is 22.7 Å². The van der Waals surface area contributed by atoms with Crippen molar-refractivity contribution in [1.29, 1.82) is 0 Å². The van der Waals surface area contributed by atoms with Crippen molar-refractivity contribution in [3.63, 3.8) is 0 Å². The highest BCUT2D eigenvalue weighted by Gasteiger charge is 2.68. The number of ether oxygens (including phenoxy) is 1. The van der Waals surface area contributed by atoms with E-state index in [1.165, 1.54) is 6.26 Å². The zero-order valence-corrected chi connectivity index (χ0v) is 18.7. The van der Waals surface area contributed by atoms with Crippen molar-refractivity contribution < 1.29 is 17.9 Å². The summed E-state index contributed by atoms with van der Waals surface area (Å²) in [5.41, 5.74) is 1.20. The Morgan fingerprint density at radius 3 is 2.55 bits per heavy atom. The number of sulfone groups is 1. The van der Waals surface area contributed by atoms with Gasteiger partial charge in [-0.05, 0) is 66.0 Å². The van der Waals surface area contributed by atoms with E-state index >= 15 is 0 Å². The fourth-order valence-electron chi connectivity index (χ4n) is 6.48. The van der Waals surface area contributed by atoms with E-state index in [-0.39, 0.29) is 28.9 Å². The van der Waals surface area contributed by atoms with E-state index in [0.717, 1.165) is 31.2 Å². The monoisotopic (exact) mass is 419 g/mol. The predicted octanol–water partition coefficient (Wildman–Crippen LogP) is 3.89. The molecule has 0 radical (unpaired) electrons. The molecule has 1 aromatic carbocycles. The number of hydrogen-bond acceptors (Lipinski definition) is 4. The van der Waals surface area contributed by atoms with Gasteiger partial charge in [0, 0.05) is 25.3 Å². The molecule has 5 atom stereocenters. The molecular formula is C23H33NO4S. The molecule has 1 spiro atoms. The Morgan fingerprint density at radius 1 is 1.24 bits per heavy atom. The molecule has 1 heterocycles. The maximum absolute atomic E-state index is 12.5. The molecule has 5 nitrogen and oxygen atoms in total. The van der Waals surface area contributed by atoms with Crippen molar-refractivity contribution in [1.82, 2.24) is 5.32 Å². The second-order valence-corrected chi connectivity index (χ2v) is 11.9. The zero-order valence-electron chi connectivity index (χ0n) is 17.9. The van der Waals surface area contributed by atoms with Crippen molar-refractivity contribution in [2.24, 2.45) is 22.7 Å². The van der Waals surface area contributed by atoms with Gasteiger partial charge in [-0.2, -0.15) is 0 Å². The largest absolute Gasteiger partial charge is 0.373 e. The Balaban J connectivity index is 1.65. The Hall–Kier alpha value is -1.40. The summed E-state index contributed by atoms with van der Waals surface area (Å²) in [5, 5.41) is 3.42. The second kappa shape index (κ2) is 7.09. The van der Waals surface area contributed by atoms with Crippen LogP contribution in [0.1, 0.15) is 64.5 Å². The molecule has 1 saturated heterocycles. The number of benzene rings is 1. The minimum Gasteiger partial charge on any atom is -0.373 e. The molecule has 6 heteroatoms. The summed E-state index contributed by atoms with van der Waals surface area (Å²) < 4.78 is 29.9. The SMILES string of the molecule is CCCC(=O)N[C@H]1C(C)(C)[C@@H]2C[C@@H]3[C@@H](c4ccc(S(C)(=O)=O)cc4)OCCC31C2. The minimum absolute atomic E-state index is 0.0379. The quantitative estimate of drug-likeness (QED) is 0.786. The van der Waals surface area contributed by atoms with Crippen LogP contribution in [0.4, 0.5) is 0 Å². The molecule has 2 aliphatic carbocycles. The number of carbonyl (C=O) groups is 1. The lowest BCUT2D eigenvalue weighted by molar-refractivity contribution is -0.137. The first-order chi connectivity index (χ1) is 13.6. The molecule has 160 valence electrons. The fraction of sp³-hybridized carbons (Fsp3) is 0.696. The van der Waals surface area contributed by atoms with Gasteiger partial charge < -0.3 is 10.1 Å². The molecule has 2 saturated carbocycles. The molecule has 1 amide bonds. The number of hydrogen-bond donors (Lipinski definition) is 1. The van der Waals surface area contributed by atoms with Crippen LogP contribution >= 0.6 is 0 Å². The van der Waals surface area contributed by atoms with E-state index in [0.29, 0.717) is 29.8 Å². The van der Waals surface area contributed by atoms with Crippen LogP contribution in [0.2, 0.25) is 0 Å². The maximum Gasteiger partial charge on any atom is 0.220 e. The molecule has 2 bridgehead atoms. The third-order valence-corrected chi connectivity index (χ3v) is 9.05. The van der Waals surface area contributed by atoms with Crippen molar-refractivity contribution in [3.8, 4) is 0 Å². The van der Waals surface area contributed by atoms with Gasteiger partial charge in [0.15, 0.2) is 9.84 Å². The Kier molecular flexibility index (Phi) is 5.10. The van der Waals surface area contributed by atoms with Crippen molar-refractivity contribution in [3.05, 3.63) is 29.8 Å². The van der Waals surface area contributed by atoms with Gasteiger partial charge in [-0.15, -0.1) is 0 Å². The highest BCUT2D eigenvalue weighted by Crippen LogP contribution is 2.70. The average molecular weight is 420 g/mol. The third-order valence-electron chi connectivity index (χ3n) is 7.92. The number of nitrogens with one attached hydrogen (secondary N) is 1. The normalized spacial score (nSPS) is 35.3. The van der Waals surface area contributed by atoms with Crippen molar-refractivity contribution in [2.75, 3.05) is 12.9 Å². The predicted molar refractivity (Wildman–Crippen MR) is 112 cm³/mol. The summed E-state index contributed by atoms with van der Waals surface area (Å²) >= 11 is 0. The van der Waals surface area contributed by atoms with Gasteiger partial charge in [0.2, 0.25) is 5.91 Å². The maximum atomic E-state index is 12.5. The first-order valence-electron chi connectivity index (χ1n) is 10.8. The van der Waals surface area contributed by atoms with E-state index in [9.17, 15) is 13.2 Å². The number of rotatable bonds is 5. The third kappa shape index (κ3) is 3.32. The summed E-state index contributed by atoms with van der Waals surface area (Å²) in [4.78, 5) is 12.9. The summed E-state index contributed by atoms with van der Waals surface area (Å²) in [5.74, 6) is 1.08. The van der Waals surface area contributed by atoms with Crippen LogP contribution in [0.5, 0.6) is 0 Å². The Labute approximate surface area is 174 Å². The number of fused-ring (bicyclic) bond motifs is 1. The lowest BCUT2D eigenvalue weighted by Gasteiger charge is -2.53. The van der Waals surface area contributed by atoms with E-state index < -0.39 is 9.84 Å². The van der Waals surface area contributed by atoms with Crippen molar-refractivity contribution >= 4 is 15.7 Å². The van der Waals surface area contributed by atoms with E-state index in [1.807, 2.05) is 19.1 Å². The van der Waals surface area contributed by atoms with E-state index in [2.05, 4.69) is 19.2 Å². The van der Waals surface area contributed by atoms with Gasteiger partial charge in [0.1, 0.15) is 0 Å². The minimum atomic E-state index is -3.21.